The molecule has 32 heavy (non-hydrogen) atoms. The minimum Gasteiger partial charge on any atom is -0.338 e. The van der Waals surface area contributed by atoms with Crippen molar-refractivity contribution in [2.75, 3.05) is 23.3 Å². The van der Waals surface area contributed by atoms with E-state index in [-0.39, 0.29) is 30.5 Å². The number of amides is 3. The first-order valence-electron chi connectivity index (χ1n) is 10.4. The molecule has 0 aromatic heterocycles. The zero-order valence-corrected chi connectivity index (χ0v) is 17.2. The minimum atomic E-state index is -4.51. The van der Waals surface area contributed by atoms with Gasteiger partial charge in [0.25, 0.3) is 0 Å². The van der Waals surface area contributed by atoms with Crippen molar-refractivity contribution >= 4 is 29.1 Å². The number of hydrogen-bond donors (Lipinski definition) is 1. The first kappa shape index (κ1) is 21.9. The molecule has 2 aromatic carbocycles. The molecule has 2 fully saturated rings. The topological polar surface area (TPSA) is 69.7 Å². The summed E-state index contributed by atoms with van der Waals surface area (Å²) in [6.45, 7) is 1.19. The molecule has 0 aliphatic carbocycles. The van der Waals surface area contributed by atoms with Gasteiger partial charge >= 0.3 is 6.18 Å². The van der Waals surface area contributed by atoms with Crippen molar-refractivity contribution in [2.45, 2.75) is 32.0 Å². The second kappa shape index (κ2) is 8.64. The minimum absolute atomic E-state index is 0.00788. The van der Waals surface area contributed by atoms with Gasteiger partial charge in [0.05, 0.1) is 11.5 Å². The van der Waals surface area contributed by atoms with E-state index in [1.807, 2.05) is 6.07 Å². The predicted octanol–water partition coefficient (Wildman–Crippen LogP) is 3.82. The van der Waals surface area contributed by atoms with E-state index in [1.54, 1.807) is 23.1 Å². The normalized spacial score (nSPS) is 19.0. The van der Waals surface area contributed by atoms with E-state index in [0.29, 0.717) is 25.2 Å². The Balaban J connectivity index is 1.41. The lowest BCUT2D eigenvalue weighted by atomic mass is 10.1. The fraction of sp³-hybridized carbons (Fsp3) is 0.348. The lowest BCUT2D eigenvalue weighted by molar-refractivity contribution is -0.137. The Morgan fingerprint density at radius 3 is 2.56 bits per heavy atom. The molecular weight excluding hydrogens is 423 g/mol. The van der Waals surface area contributed by atoms with Crippen molar-refractivity contribution in [3.05, 3.63) is 59.7 Å². The number of hydrogen-bond acceptors (Lipinski definition) is 3. The van der Waals surface area contributed by atoms with Crippen LogP contribution in [0.25, 0.3) is 0 Å². The van der Waals surface area contributed by atoms with Gasteiger partial charge < -0.3 is 15.1 Å². The molecule has 9 heteroatoms. The second-order valence-electron chi connectivity index (χ2n) is 8.06. The fourth-order valence-electron chi connectivity index (χ4n) is 4.07. The molecule has 2 heterocycles. The quantitative estimate of drug-likeness (QED) is 0.761. The maximum absolute atomic E-state index is 13.0. The van der Waals surface area contributed by atoms with Crippen LogP contribution in [0.3, 0.4) is 0 Å². The maximum Gasteiger partial charge on any atom is 0.416 e. The van der Waals surface area contributed by atoms with Gasteiger partial charge in [-0.3, -0.25) is 14.4 Å². The summed E-state index contributed by atoms with van der Waals surface area (Å²) in [7, 11) is 0. The van der Waals surface area contributed by atoms with Gasteiger partial charge in [0.15, 0.2) is 0 Å². The third-order valence-corrected chi connectivity index (χ3v) is 5.72. The zero-order chi connectivity index (χ0) is 22.9. The van der Waals surface area contributed by atoms with Crippen molar-refractivity contribution in [1.82, 2.24) is 4.90 Å². The van der Waals surface area contributed by atoms with Crippen LogP contribution in [0.15, 0.2) is 48.5 Å². The SMILES string of the molecule is O=C(Nc1cccc(CN2CCCC2=O)c1)C1CC(=O)N(c2cccc(C(F)(F)F)c2)C1. The largest absolute Gasteiger partial charge is 0.416 e. The summed E-state index contributed by atoms with van der Waals surface area (Å²) < 4.78 is 39.0. The molecule has 0 spiro atoms. The van der Waals surface area contributed by atoms with Gasteiger partial charge in [0.1, 0.15) is 0 Å². The monoisotopic (exact) mass is 445 g/mol. The highest BCUT2D eigenvalue weighted by Gasteiger charge is 2.37. The number of alkyl halides is 3. The molecule has 1 N–H and O–H groups in total. The number of anilines is 2. The number of carbonyl (C=O) groups is 3. The second-order valence-corrected chi connectivity index (χ2v) is 8.06. The van der Waals surface area contributed by atoms with E-state index in [0.717, 1.165) is 24.1 Å². The molecule has 2 aliphatic rings. The Kier molecular flexibility index (Phi) is 5.90. The first-order valence-corrected chi connectivity index (χ1v) is 10.4. The Labute approximate surface area is 183 Å². The molecule has 4 rings (SSSR count). The zero-order valence-electron chi connectivity index (χ0n) is 17.2. The summed E-state index contributed by atoms with van der Waals surface area (Å²) in [6.07, 6.45) is -3.20. The summed E-state index contributed by atoms with van der Waals surface area (Å²) in [5.41, 5.74) is 0.705. The van der Waals surface area contributed by atoms with Crippen molar-refractivity contribution in [3.63, 3.8) is 0 Å². The molecule has 0 saturated carbocycles. The van der Waals surface area contributed by atoms with E-state index in [9.17, 15) is 27.6 Å². The molecule has 0 bridgehead atoms. The molecule has 168 valence electrons. The van der Waals surface area contributed by atoms with Crippen LogP contribution in [0.2, 0.25) is 0 Å². The third-order valence-electron chi connectivity index (χ3n) is 5.72. The summed E-state index contributed by atoms with van der Waals surface area (Å²) >= 11 is 0. The van der Waals surface area contributed by atoms with Crippen LogP contribution < -0.4 is 10.2 Å². The summed E-state index contributed by atoms with van der Waals surface area (Å²) in [6, 6.07) is 11.7. The first-order chi connectivity index (χ1) is 15.2. The molecular formula is C23H22F3N3O3. The average molecular weight is 445 g/mol. The third kappa shape index (κ3) is 4.76. The highest BCUT2D eigenvalue weighted by molar-refractivity contribution is 6.03. The number of rotatable bonds is 5. The van der Waals surface area contributed by atoms with E-state index in [2.05, 4.69) is 5.32 Å². The molecule has 6 nitrogen and oxygen atoms in total. The molecule has 3 amide bonds. The van der Waals surface area contributed by atoms with Gasteiger partial charge in [0.2, 0.25) is 17.7 Å². The number of halogens is 3. The molecule has 0 radical (unpaired) electrons. The van der Waals surface area contributed by atoms with Gasteiger partial charge in [-0.1, -0.05) is 18.2 Å². The lowest BCUT2D eigenvalue weighted by Gasteiger charge is -2.18. The summed E-state index contributed by atoms with van der Waals surface area (Å²) in [4.78, 5) is 40.0. The summed E-state index contributed by atoms with van der Waals surface area (Å²) in [5, 5.41) is 2.79. The average Bonchev–Trinajstić information content (AvgIpc) is 3.33. The van der Waals surface area contributed by atoms with Crippen LogP contribution in [0.5, 0.6) is 0 Å². The standard InChI is InChI=1S/C23H22F3N3O3/c24-23(25,26)17-5-2-7-19(12-17)29-14-16(11-21(29)31)22(32)27-18-6-1-4-15(10-18)13-28-9-3-8-20(28)30/h1-2,4-7,10,12,16H,3,8-9,11,13-14H2,(H,27,32). The Morgan fingerprint density at radius 1 is 1.06 bits per heavy atom. The molecule has 1 unspecified atom stereocenters. The molecule has 2 saturated heterocycles. The maximum atomic E-state index is 13.0. The van der Waals surface area contributed by atoms with Gasteiger partial charge in [-0.25, -0.2) is 0 Å². The molecule has 1 atom stereocenters. The van der Waals surface area contributed by atoms with Gasteiger partial charge in [-0.15, -0.1) is 0 Å². The Bertz CT molecular complexity index is 1050. The lowest BCUT2D eigenvalue weighted by Crippen LogP contribution is -2.28. The Hall–Kier alpha value is -3.36. The number of carbonyl (C=O) groups excluding carboxylic acids is 3. The van der Waals surface area contributed by atoms with Gasteiger partial charge in [0, 0.05) is 43.9 Å². The van der Waals surface area contributed by atoms with E-state index in [1.165, 1.54) is 17.0 Å². The summed E-state index contributed by atoms with van der Waals surface area (Å²) in [5.74, 6) is -1.34. The smallest absolute Gasteiger partial charge is 0.338 e. The van der Waals surface area contributed by atoms with Gasteiger partial charge in [-0.2, -0.15) is 13.2 Å². The predicted molar refractivity (Wildman–Crippen MR) is 112 cm³/mol. The molecule has 2 aromatic rings. The van der Waals surface area contributed by atoms with E-state index in [4.69, 9.17) is 0 Å². The molecule has 2 aliphatic heterocycles. The van der Waals surface area contributed by atoms with Crippen molar-refractivity contribution in [2.24, 2.45) is 5.92 Å². The van der Waals surface area contributed by atoms with Crippen molar-refractivity contribution < 1.29 is 27.6 Å². The number of likely N-dealkylation sites (tertiary alicyclic amines) is 1. The van der Waals surface area contributed by atoms with Crippen LogP contribution >= 0.6 is 0 Å². The highest BCUT2D eigenvalue weighted by Crippen LogP contribution is 2.33. The highest BCUT2D eigenvalue weighted by atomic mass is 19.4. The van der Waals surface area contributed by atoms with Crippen LogP contribution in [-0.2, 0) is 27.1 Å². The number of nitrogens with one attached hydrogen (secondary N) is 1. The van der Waals surface area contributed by atoms with Crippen LogP contribution in [0.1, 0.15) is 30.4 Å². The number of benzene rings is 2. The van der Waals surface area contributed by atoms with Crippen molar-refractivity contribution in [1.29, 1.82) is 0 Å². The number of nitrogens with zero attached hydrogens (tertiary/aromatic N) is 2. The van der Waals surface area contributed by atoms with E-state index < -0.39 is 23.6 Å². The van der Waals surface area contributed by atoms with Crippen LogP contribution in [-0.4, -0.2) is 35.7 Å². The van der Waals surface area contributed by atoms with E-state index >= 15 is 0 Å². The van der Waals surface area contributed by atoms with Crippen LogP contribution in [0, 0.1) is 5.92 Å². The fourth-order valence-corrected chi connectivity index (χ4v) is 4.07. The Morgan fingerprint density at radius 2 is 1.84 bits per heavy atom. The van der Waals surface area contributed by atoms with Crippen molar-refractivity contribution in [3.8, 4) is 0 Å². The van der Waals surface area contributed by atoms with Gasteiger partial charge in [-0.05, 0) is 42.3 Å². The van der Waals surface area contributed by atoms with Crippen LogP contribution in [0.4, 0.5) is 24.5 Å².